The number of carbonyl (C=O) groups is 2. The van der Waals surface area contributed by atoms with Gasteiger partial charge in [0.05, 0.1) is 5.69 Å². The third kappa shape index (κ3) is 2.54. The van der Waals surface area contributed by atoms with Gasteiger partial charge in [0.25, 0.3) is 5.91 Å². The number of benzene rings is 1. The van der Waals surface area contributed by atoms with Gasteiger partial charge in [-0.3, -0.25) is 14.5 Å². The first kappa shape index (κ1) is 14.8. The molecule has 2 atom stereocenters. The van der Waals surface area contributed by atoms with Crippen LogP contribution in [0.15, 0.2) is 24.3 Å². The molecule has 1 saturated heterocycles. The Balaban J connectivity index is 1.81. The molecule has 2 N–H and O–H groups in total. The van der Waals surface area contributed by atoms with Crippen LogP contribution in [0.1, 0.15) is 19.8 Å². The van der Waals surface area contributed by atoms with Crippen LogP contribution < -0.4 is 15.4 Å². The molecule has 0 aromatic heterocycles. The number of ether oxygens (including phenoxy) is 1. The number of hydrogen-bond donors (Lipinski definition) is 1. The van der Waals surface area contributed by atoms with E-state index in [1.165, 1.54) is 4.90 Å². The van der Waals surface area contributed by atoms with Gasteiger partial charge in [-0.25, -0.2) is 0 Å². The lowest BCUT2D eigenvalue weighted by Gasteiger charge is -2.34. The SMILES string of the molecule is CC1Oc2ccccc2N(CC(=O)N2CCCC2CN)C1=O. The number of fused-ring (bicyclic) bond motifs is 1. The standard InChI is InChI=1S/C16H21N3O3/c1-11-16(21)19(13-6-2-3-7-14(13)22-11)10-15(20)18-8-4-5-12(18)9-17/h2-3,6-7,11-12H,4-5,8-10,17H2,1H3. The van der Waals surface area contributed by atoms with Gasteiger partial charge in [-0.05, 0) is 31.9 Å². The van der Waals surface area contributed by atoms with Crippen molar-refractivity contribution < 1.29 is 14.3 Å². The predicted molar refractivity (Wildman–Crippen MR) is 82.7 cm³/mol. The Morgan fingerprint density at radius 2 is 2.18 bits per heavy atom. The number of amides is 2. The van der Waals surface area contributed by atoms with Crippen LogP contribution in [0.4, 0.5) is 5.69 Å². The summed E-state index contributed by atoms with van der Waals surface area (Å²) in [7, 11) is 0. The molecule has 0 aliphatic carbocycles. The van der Waals surface area contributed by atoms with E-state index in [-0.39, 0.29) is 24.4 Å². The summed E-state index contributed by atoms with van der Waals surface area (Å²) in [5, 5.41) is 0. The molecule has 118 valence electrons. The summed E-state index contributed by atoms with van der Waals surface area (Å²) in [6, 6.07) is 7.40. The molecule has 0 saturated carbocycles. The van der Waals surface area contributed by atoms with Crippen LogP contribution in [0.5, 0.6) is 5.75 Å². The molecule has 2 unspecified atom stereocenters. The zero-order valence-corrected chi connectivity index (χ0v) is 12.7. The molecule has 2 aliphatic rings. The van der Waals surface area contributed by atoms with E-state index >= 15 is 0 Å². The molecule has 1 aromatic carbocycles. The molecular weight excluding hydrogens is 282 g/mol. The van der Waals surface area contributed by atoms with Crippen molar-refractivity contribution in [3.8, 4) is 5.75 Å². The second-order valence-electron chi connectivity index (χ2n) is 5.77. The number of carbonyl (C=O) groups excluding carboxylic acids is 2. The fourth-order valence-electron chi connectivity index (χ4n) is 3.16. The smallest absolute Gasteiger partial charge is 0.268 e. The van der Waals surface area contributed by atoms with E-state index in [0.29, 0.717) is 18.0 Å². The third-order valence-corrected chi connectivity index (χ3v) is 4.34. The van der Waals surface area contributed by atoms with E-state index in [2.05, 4.69) is 0 Å². The molecule has 1 fully saturated rings. The number of hydrogen-bond acceptors (Lipinski definition) is 4. The van der Waals surface area contributed by atoms with E-state index in [9.17, 15) is 9.59 Å². The largest absolute Gasteiger partial charge is 0.479 e. The highest BCUT2D eigenvalue weighted by atomic mass is 16.5. The van der Waals surface area contributed by atoms with Gasteiger partial charge in [0.1, 0.15) is 12.3 Å². The second kappa shape index (κ2) is 5.96. The minimum atomic E-state index is -0.577. The van der Waals surface area contributed by atoms with Crippen molar-refractivity contribution in [2.75, 3.05) is 24.5 Å². The molecular formula is C16H21N3O3. The van der Waals surface area contributed by atoms with E-state index in [4.69, 9.17) is 10.5 Å². The number of nitrogens with two attached hydrogens (primary N) is 1. The maximum absolute atomic E-state index is 12.6. The van der Waals surface area contributed by atoms with Crippen molar-refractivity contribution in [1.82, 2.24) is 4.90 Å². The number of likely N-dealkylation sites (tertiary alicyclic amines) is 1. The van der Waals surface area contributed by atoms with Crippen LogP contribution in [-0.2, 0) is 9.59 Å². The molecule has 0 radical (unpaired) electrons. The Kier molecular flexibility index (Phi) is 4.02. The van der Waals surface area contributed by atoms with Crippen molar-refractivity contribution in [3.05, 3.63) is 24.3 Å². The van der Waals surface area contributed by atoms with E-state index in [1.807, 2.05) is 18.2 Å². The van der Waals surface area contributed by atoms with Crippen LogP contribution in [0.2, 0.25) is 0 Å². The Bertz CT molecular complexity index is 590. The van der Waals surface area contributed by atoms with Gasteiger partial charge in [-0.2, -0.15) is 0 Å². The fraction of sp³-hybridized carbons (Fsp3) is 0.500. The van der Waals surface area contributed by atoms with Gasteiger partial charge in [-0.15, -0.1) is 0 Å². The number of rotatable bonds is 3. The van der Waals surface area contributed by atoms with Crippen molar-refractivity contribution >= 4 is 17.5 Å². The second-order valence-corrected chi connectivity index (χ2v) is 5.77. The number of anilines is 1. The summed E-state index contributed by atoms with van der Waals surface area (Å²) in [4.78, 5) is 28.3. The zero-order valence-electron chi connectivity index (χ0n) is 12.7. The first-order chi connectivity index (χ1) is 10.6. The van der Waals surface area contributed by atoms with Gasteiger partial charge >= 0.3 is 0 Å². The zero-order chi connectivity index (χ0) is 15.7. The molecule has 2 aliphatic heterocycles. The maximum atomic E-state index is 12.6. The Morgan fingerprint density at radius 1 is 1.41 bits per heavy atom. The summed E-state index contributed by atoms with van der Waals surface area (Å²) in [5.74, 6) is 0.403. The van der Waals surface area contributed by atoms with Crippen molar-refractivity contribution in [1.29, 1.82) is 0 Å². The molecule has 3 rings (SSSR count). The van der Waals surface area contributed by atoms with Crippen LogP contribution in [-0.4, -0.2) is 48.5 Å². The lowest BCUT2D eigenvalue weighted by atomic mass is 10.2. The monoisotopic (exact) mass is 303 g/mol. The summed E-state index contributed by atoms with van der Waals surface area (Å²) < 4.78 is 5.59. The predicted octanol–water partition coefficient (Wildman–Crippen LogP) is 0.750. The lowest BCUT2D eigenvalue weighted by Crippen LogP contribution is -2.51. The summed E-state index contributed by atoms with van der Waals surface area (Å²) in [6.07, 6.45) is 1.33. The molecule has 2 heterocycles. The minimum absolute atomic E-state index is 0.0417. The third-order valence-electron chi connectivity index (χ3n) is 4.34. The van der Waals surface area contributed by atoms with Crippen molar-refractivity contribution in [2.45, 2.75) is 31.9 Å². The van der Waals surface area contributed by atoms with Crippen LogP contribution in [0.25, 0.3) is 0 Å². The topological polar surface area (TPSA) is 75.9 Å². The maximum Gasteiger partial charge on any atom is 0.268 e. The Morgan fingerprint density at radius 3 is 2.95 bits per heavy atom. The quantitative estimate of drug-likeness (QED) is 0.894. The average Bonchev–Trinajstić information content (AvgIpc) is 3.00. The summed E-state index contributed by atoms with van der Waals surface area (Å²) >= 11 is 0. The molecule has 6 nitrogen and oxygen atoms in total. The van der Waals surface area contributed by atoms with Crippen LogP contribution >= 0.6 is 0 Å². The van der Waals surface area contributed by atoms with E-state index < -0.39 is 6.10 Å². The highest BCUT2D eigenvalue weighted by Gasteiger charge is 2.35. The number of nitrogens with zero attached hydrogens (tertiary/aromatic N) is 2. The lowest BCUT2D eigenvalue weighted by molar-refractivity contribution is -0.133. The minimum Gasteiger partial charge on any atom is -0.479 e. The van der Waals surface area contributed by atoms with E-state index in [0.717, 1.165) is 19.4 Å². The van der Waals surface area contributed by atoms with Gasteiger partial charge in [0.15, 0.2) is 6.10 Å². The molecule has 1 aromatic rings. The Labute approximate surface area is 129 Å². The highest BCUT2D eigenvalue weighted by Crippen LogP contribution is 2.33. The van der Waals surface area contributed by atoms with Crippen LogP contribution in [0.3, 0.4) is 0 Å². The number of para-hydroxylation sites is 2. The normalized spacial score (nSPS) is 24.2. The summed E-state index contributed by atoms with van der Waals surface area (Å²) in [6.45, 7) is 2.93. The fourth-order valence-corrected chi connectivity index (χ4v) is 3.16. The molecule has 0 bridgehead atoms. The average molecular weight is 303 g/mol. The van der Waals surface area contributed by atoms with Gasteiger partial charge in [-0.1, -0.05) is 12.1 Å². The first-order valence-corrected chi connectivity index (χ1v) is 7.68. The van der Waals surface area contributed by atoms with E-state index in [1.54, 1.807) is 17.9 Å². The molecule has 6 heteroatoms. The van der Waals surface area contributed by atoms with Gasteiger partial charge in [0, 0.05) is 19.1 Å². The first-order valence-electron chi connectivity index (χ1n) is 7.68. The highest BCUT2D eigenvalue weighted by molar-refractivity contribution is 6.03. The van der Waals surface area contributed by atoms with Gasteiger partial charge in [0.2, 0.25) is 5.91 Å². The van der Waals surface area contributed by atoms with Gasteiger partial charge < -0.3 is 15.4 Å². The molecule has 0 spiro atoms. The molecule has 22 heavy (non-hydrogen) atoms. The van der Waals surface area contributed by atoms with Crippen LogP contribution in [0, 0.1) is 0 Å². The summed E-state index contributed by atoms with van der Waals surface area (Å²) in [5.41, 5.74) is 6.38. The molecule has 2 amide bonds. The Hall–Kier alpha value is -2.08. The van der Waals surface area contributed by atoms with Crippen molar-refractivity contribution in [2.24, 2.45) is 5.73 Å². The van der Waals surface area contributed by atoms with Crippen molar-refractivity contribution in [3.63, 3.8) is 0 Å².